The van der Waals surface area contributed by atoms with Crippen LogP contribution in [0.5, 0.6) is 5.75 Å². The summed E-state index contributed by atoms with van der Waals surface area (Å²) in [6.45, 7) is 16.6. The third-order valence-corrected chi connectivity index (χ3v) is 9.50. The maximum absolute atomic E-state index is 6.50. The first-order chi connectivity index (χ1) is 16.8. The Hall–Kier alpha value is -1.22. The lowest BCUT2D eigenvalue weighted by atomic mass is 9.56. The normalized spacial score (nSPS) is 43.8. The van der Waals surface area contributed by atoms with E-state index >= 15 is 0 Å². The molecule has 0 radical (unpaired) electrons. The third kappa shape index (κ3) is 4.12. The van der Waals surface area contributed by atoms with E-state index in [9.17, 15) is 0 Å². The lowest BCUT2D eigenvalue weighted by Crippen LogP contribution is -2.76. The van der Waals surface area contributed by atoms with Crippen molar-refractivity contribution in [3.8, 4) is 5.75 Å². The smallest absolute Gasteiger partial charge is 0.205 e. The summed E-state index contributed by atoms with van der Waals surface area (Å²) in [6, 6.07) is 9.18. The molecule has 0 amide bonds. The van der Waals surface area contributed by atoms with E-state index in [0.29, 0.717) is 17.9 Å². The van der Waals surface area contributed by atoms with Crippen LogP contribution < -0.4 is 4.74 Å². The van der Waals surface area contributed by atoms with E-state index in [1.807, 2.05) is 6.92 Å². The molecule has 2 unspecified atom stereocenters. The van der Waals surface area contributed by atoms with Crippen molar-refractivity contribution < 1.29 is 24.0 Å². The Morgan fingerprint density at radius 1 is 1.00 bits per heavy atom. The van der Waals surface area contributed by atoms with Gasteiger partial charge in [0.2, 0.25) is 12.1 Å². The van der Waals surface area contributed by atoms with Gasteiger partial charge in [0, 0.05) is 62.9 Å². The Labute approximate surface area is 209 Å². The zero-order valence-electron chi connectivity index (χ0n) is 21.9. The van der Waals surface area contributed by atoms with Gasteiger partial charge in [-0.25, -0.2) is 9.78 Å². The molecule has 7 rings (SSSR count). The lowest BCUT2D eigenvalue weighted by Gasteiger charge is -2.66. The molecule has 5 heterocycles. The first kappa shape index (κ1) is 24.1. The van der Waals surface area contributed by atoms with Crippen molar-refractivity contribution in [1.82, 2.24) is 9.80 Å². The van der Waals surface area contributed by atoms with Crippen LogP contribution in [0.1, 0.15) is 59.4 Å². The molecule has 6 fully saturated rings. The first-order valence-electron chi connectivity index (χ1n) is 13.7. The Kier molecular flexibility index (Phi) is 6.18. The highest BCUT2D eigenvalue weighted by molar-refractivity contribution is 5.27. The number of hydrogen-bond acceptors (Lipinski definition) is 7. The summed E-state index contributed by atoms with van der Waals surface area (Å²) in [5.41, 5.74) is 0.792. The molecule has 194 valence electrons. The van der Waals surface area contributed by atoms with E-state index in [1.54, 1.807) is 0 Å². The fourth-order valence-corrected chi connectivity index (χ4v) is 7.32. The summed E-state index contributed by atoms with van der Waals surface area (Å²) in [5, 5.41) is 0. The second-order valence-corrected chi connectivity index (χ2v) is 12.1. The second kappa shape index (κ2) is 8.96. The summed E-state index contributed by atoms with van der Waals surface area (Å²) in [4.78, 5) is 17.0. The third-order valence-electron chi connectivity index (χ3n) is 9.50. The Bertz CT molecular complexity index is 903. The molecule has 6 aliphatic rings. The van der Waals surface area contributed by atoms with Gasteiger partial charge in [-0.1, -0.05) is 26.0 Å². The van der Waals surface area contributed by atoms with E-state index < -0.39 is 17.7 Å². The summed E-state index contributed by atoms with van der Waals surface area (Å²) in [7, 11) is 0. The summed E-state index contributed by atoms with van der Waals surface area (Å²) in [5.74, 6) is 1.49. The van der Waals surface area contributed by atoms with Crippen LogP contribution in [-0.2, 0) is 25.8 Å². The highest BCUT2D eigenvalue weighted by atomic mass is 17.3. The largest absolute Gasteiger partial charge is 0.465 e. The fourth-order valence-electron chi connectivity index (χ4n) is 7.32. The van der Waals surface area contributed by atoms with Gasteiger partial charge >= 0.3 is 0 Å². The van der Waals surface area contributed by atoms with E-state index in [0.717, 1.165) is 51.3 Å². The number of fused-ring (bicyclic) bond motifs is 1. The molecule has 1 aliphatic carbocycles. The molecular formula is C28H42N2O5. The molecule has 35 heavy (non-hydrogen) atoms. The van der Waals surface area contributed by atoms with Gasteiger partial charge in [-0.3, -0.25) is 9.80 Å². The van der Waals surface area contributed by atoms with Crippen LogP contribution in [0.3, 0.4) is 0 Å². The molecule has 0 aromatic heterocycles. The lowest BCUT2D eigenvalue weighted by molar-refractivity contribution is -0.614. The molecular weight excluding hydrogens is 444 g/mol. The molecule has 0 N–H and O–H groups in total. The van der Waals surface area contributed by atoms with Crippen molar-refractivity contribution in [3.63, 3.8) is 0 Å². The Morgan fingerprint density at radius 3 is 2.46 bits per heavy atom. The predicted molar refractivity (Wildman–Crippen MR) is 131 cm³/mol. The summed E-state index contributed by atoms with van der Waals surface area (Å²) < 4.78 is 19.3. The van der Waals surface area contributed by atoms with Gasteiger partial charge in [-0.15, -0.1) is 0 Å². The molecule has 7 nitrogen and oxygen atoms in total. The molecule has 1 saturated carbocycles. The number of hydrogen-bond donors (Lipinski definition) is 0. The summed E-state index contributed by atoms with van der Waals surface area (Å²) >= 11 is 0. The molecule has 1 spiro atoms. The predicted octanol–water partition coefficient (Wildman–Crippen LogP) is 4.41. The second-order valence-electron chi connectivity index (χ2n) is 12.1. The average Bonchev–Trinajstić information content (AvgIpc) is 2.84. The van der Waals surface area contributed by atoms with Crippen molar-refractivity contribution in [1.29, 1.82) is 0 Å². The highest BCUT2D eigenvalue weighted by Gasteiger charge is 2.72. The highest BCUT2D eigenvalue weighted by Crippen LogP contribution is 2.62. The zero-order chi connectivity index (χ0) is 24.4. The Balaban J connectivity index is 1.12. The molecule has 5 aliphatic heterocycles. The van der Waals surface area contributed by atoms with Gasteiger partial charge in [0.15, 0.2) is 11.9 Å². The van der Waals surface area contributed by atoms with Gasteiger partial charge in [0.05, 0.1) is 0 Å². The quantitative estimate of drug-likeness (QED) is 0.572. The first-order valence-corrected chi connectivity index (χ1v) is 13.7. The molecule has 1 aromatic carbocycles. The van der Waals surface area contributed by atoms with E-state index in [-0.39, 0.29) is 18.1 Å². The maximum atomic E-state index is 6.50. The van der Waals surface area contributed by atoms with Gasteiger partial charge in [-0.2, -0.15) is 0 Å². The van der Waals surface area contributed by atoms with Gasteiger partial charge in [-0.05, 0) is 57.2 Å². The van der Waals surface area contributed by atoms with Crippen LogP contribution in [0.25, 0.3) is 0 Å². The van der Waals surface area contributed by atoms with Gasteiger partial charge in [0.1, 0.15) is 5.75 Å². The van der Waals surface area contributed by atoms with Gasteiger partial charge < -0.3 is 14.2 Å². The van der Waals surface area contributed by atoms with Crippen molar-refractivity contribution in [2.75, 3.05) is 26.2 Å². The van der Waals surface area contributed by atoms with E-state index in [1.165, 1.54) is 12.0 Å². The fraction of sp³-hybridized carbons (Fsp3) is 0.786. The monoisotopic (exact) mass is 486 g/mol. The standard InChI is InChI=1S/C28H42N2O5/c1-18(2)30-14-12-29(13-15-30)17-21-7-9-22(10-8-21)31-25-20(4)23-11-6-19(3)24-16-27(5)33-26(32-25)28(23,24)35-34-27/h7-10,18-20,23-26H,6,11-17H2,1-5H3/t19-,20-,23?,24?,25+,26-,27+,28+/m1/s1. The van der Waals surface area contributed by atoms with Crippen molar-refractivity contribution in [2.45, 2.75) is 90.4 Å². The van der Waals surface area contributed by atoms with E-state index in [2.05, 4.69) is 61.8 Å². The number of benzene rings is 1. The van der Waals surface area contributed by atoms with Crippen LogP contribution >= 0.6 is 0 Å². The molecule has 5 saturated heterocycles. The van der Waals surface area contributed by atoms with Gasteiger partial charge in [0.25, 0.3) is 0 Å². The zero-order valence-corrected chi connectivity index (χ0v) is 21.9. The number of ether oxygens (including phenoxy) is 3. The minimum atomic E-state index is -0.749. The maximum Gasteiger partial charge on any atom is 0.205 e. The molecule has 7 heteroatoms. The van der Waals surface area contributed by atoms with E-state index in [4.69, 9.17) is 24.0 Å². The minimum Gasteiger partial charge on any atom is -0.465 e. The van der Waals surface area contributed by atoms with Crippen molar-refractivity contribution >= 4 is 0 Å². The topological polar surface area (TPSA) is 52.6 Å². The molecule has 2 bridgehead atoms. The van der Waals surface area contributed by atoms with Crippen molar-refractivity contribution in [2.24, 2.45) is 23.7 Å². The number of piperazine rings is 1. The molecule has 8 atom stereocenters. The minimum absolute atomic E-state index is 0.174. The number of nitrogens with zero attached hydrogens (tertiary/aromatic N) is 2. The van der Waals surface area contributed by atoms with Crippen LogP contribution in [0.2, 0.25) is 0 Å². The van der Waals surface area contributed by atoms with Crippen molar-refractivity contribution in [3.05, 3.63) is 29.8 Å². The summed E-state index contributed by atoms with van der Waals surface area (Å²) in [6.07, 6.45) is 2.30. The van der Waals surface area contributed by atoms with Crippen LogP contribution in [-0.4, -0.2) is 66.0 Å². The Morgan fingerprint density at radius 2 is 1.74 bits per heavy atom. The average molecular weight is 487 g/mol. The van der Waals surface area contributed by atoms with Crippen LogP contribution in [0.4, 0.5) is 0 Å². The van der Waals surface area contributed by atoms with Crippen LogP contribution in [0.15, 0.2) is 24.3 Å². The van der Waals surface area contributed by atoms with Crippen LogP contribution in [0, 0.1) is 23.7 Å². The number of rotatable bonds is 5. The SMILES string of the molecule is CC(C)N1CCN(Cc2ccc(O[C@H]3O[C@@H]4O[C@]5(C)CC6[C@H](C)CCC([C@H]3C)[C@]64OO5)cc2)CC1. The molecule has 1 aromatic rings.